The van der Waals surface area contributed by atoms with Gasteiger partial charge >= 0.3 is 11.9 Å². The minimum absolute atomic E-state index is 0.144. The van der Waals surface area contributed by atoms with Crippen molar-refractivity contribution in [3.8, 4) is 0 Å². The number of rotatable bonds is 10. The lowest BCUT2D eigenvalue weighted by atomic mass is 10.1. The van der Waals surface area contributed by atoms with Gasteiger partial charge in [-0.25, -0.2) is 14.0 Å². The summed E-state index contributed by atoms with van der Waals surface area (Å²) in [7, 11) is 0. The van der Waals surface area contributed by atoms with Crippen LogP contribution in [0.5, 0.6) is 0 Å². The van der Waals surface area contributed by atoms with Crippen LogP contribution < -0.4 is 0 Å². The highest BCUT2D eigenvalue weighted by atomic mass is 19.1. The van der Waals surface area contributed by atoms with Crippen LogP contribution in [0.1, 0.15) is 33.4 Å². The Hall–Kier alpha value is -4.51. The number of esters is 2. The molecule has 35 heavy (non-hydrogen) atoms. The van der Waals surface area contributed by atoms with E-state index in [0.29, 0.717) is 11.1 Å². The van der Waals surface area contributed by atoms with Crippen LogP contribution in [0, 0.1) is 5.82 Å². The van der Waals surface area contributed by atoms with Gasteiger partial charge in [0.15, 0.2) is 0 Å². The molecule has 0 fully saturated rings. The lowest BCUT2D eigenvalue weighted by Crippen LogP contribution is -2.00. The Balaban J connectivity index is 1.65. The third kappa shape index (κ3) is 8.09. The number of hydrogen-bond donors (Lipinski definition) is 0. The molecule has 3 rings (SSSR count). The topological polar surface area (TPSA) is 52.6 Å². The van der Waals surface area contributed by atoms with Crippen molar-refractivity contribution in [1.82, 2.24) is 0 Å². The largest absolute Gasteiger partial charge is 0.458 e. The standard InChI is InChI=1S/C30H25FO4/c1-3-29(32)34-20-25-9-5-7-22(17-25)11-12-24-14-16-27(28(31)19-24)15-13-23-8-6-10-26(18-23)21-35-30(33)4-2/h3-19H,1-2,20-21H2/b12-11+,15-13+. The summed E-state index contributed by atoms with van der Waals surface area (Å²) in [5.74, 6) is -1.30. The molecule has 0 unspecified atom stereocenters. The number of halogens is 1. The van der Waals surface area contributed by atoms with Crippen molar-refractivity contribution in [2.45, 2.75) is 13.2 Å². The molecule has 0 aromatic heterocycles. The Bertz CT molecular complexity index is 1290. The van der Waals surface area contributed by atoms with Crippen molar-refractivity contribution in [2.24, 2.45) is 0 Å². The number of carbonyl (C=O) groups excluding carboxylic acids is 2. The summed E-state index contributed by atoms with van der Waals surface area (Å²) < 4.78 is 24.8. The van der Waals surface area contributed by atoms with E-state index in [4.69, 9.17) is 9.47 Å². The second-order valence-electron chi connectivity index (χ2n) is 7.56. The third-order valence-electron chi connectivity index (χ3n) is 4.95. The van der Waals surface area contributed by atoms with Gasteiger partial charge < -0.3 is 9.47 Å². The molecule has 0 aliphatic heterocycles. The summed E-state index contributed by atoms with van der Waals surface area (Å²) in [6, 6.07) is 20.0. The van der Waals surface area contributed by atoms with Crippen LogP contribution in [0.15, 0.2) is 92.0 Å². The number of benzene rings is 3. The Morgan fingerprint density at radius 2 is 1.17 bits per heavy atom. The lowest BCUT2D eigenvalue weighted by Gasteiger charge is -2.04. The molecular formula is C30H25FO4. The molecule has 0 saturated heterocycles. The average molecular weight is 469 g/mol. The van der Waals surface area contributed by atoms with Crippen LogP contribution in [0.3, 0.4) is 0 Å². The molecule has 0 aliphatic rings. The fourth-order valence-corrected chi connectivity index (χ4v) is 3.16. The number of hydrogen-bond acceptors (Lipinski definition) is 4. The van der Waals surface area contributed by atoms with Gasteiger partial charge in [-0.1, -0.05) is 86.0 Å². The van der Waals surface area contributed by atoms with E-state index in [0.717, 1.165) is 34.4 Å². The molecular weight excluding hydrogens is 443 g/mol. The van der Waals surface area contributed by atoms with Crippen LogP contribution in [0.4, 0.5) is 4.39 Å². The quantitative estimate of drug-likeness (QED) is 0.191. The van der Waals surface area contributed by atoms with Crippen molar-refractivity contribution < 1.29 is 23.5 Å². The molecule has 0 N–H and O–H groups in total. The van der Waals surface area contributed by atoms with Gasteiger partial charge in [-0.2, -0.15) is 0 Å². The molecule has 4 nitrogen and oxygen atoms in total. The van der Waals surface area contributed by atoms with Crippen LogP contribution >= 0.6 is 0 Å². The first-order valence-electron chi connectivity index (χ1n) is 10.9. The first kappa shape index (κ1) is 25.1. The first-order valence-corrected chi connectivity index (χ1v) is 10.9. The number of carbonyl (C=O) groups is 2. The van der Waals surface area contributed by atoms with Crippen LogP contribution in [0.25, 0.3) is 24.3 Å². The molecule has 3 aromatic rings. The second kappa shape index (κ2) is 12.7. The van der Waals surface area contributed by atoms with E-state index in [9.17, 15) is 14.0 Å². The minimum Gasteiger partial charge on any atom is -0.458 e. The maximum Gasteiger partial charge on any atom is 0.330 e. The van der Waals surface area contributed by atoms with Crippen molar-refractivity contribution in [3.05, 3.63) is 131 Å². The van der Waals surface area contributed by atoms with Gasteiger partial charge in [0.05, 0.1) is 0 Å². The average Bonchev–Trinajstić information content (AvgIpc) is 2.89. The van der Waals surface area contributed by atoms with Gasteiger partial charge in [0.1, 0.15) is 19.0 Å². The summed E-state index contributed by atoms with van der Waals surface area (Å²) in [6.45, 7) is 7.05. The Kier molecular flexibility index (Phi) is 9.08. The van der Waals surface area contributed by atoms with Gasteiger partial charge in [0.25, 0.3) is 0 Å². The zero-order valence-corrected chi connectivity index (χ0v) is 19.2. The number of ether oxygens (including phenoxy) is 2. The normalized spacial score (nSPS) is 10.9. The molecule has 3 aromatic carbocycles. The van der Waals surface area contributed by atoms with Crippen molar-refractivity contribution in [1.29, 1.82) is 0 Å². The molecule has 0 saturated carbocycles. The summed E-state index contributed by atoms with van der Waals surface area (Å²) in [5, 5.41) is 0. The Morgan fingerprint density at radius 1 is 0.686 bits per heavy atom. The maximum absolute atomic E-state index is 14.7. The van der Waals surface area contributed by atoms with Crippen molar-refractivity contribution in [3.63, 3.8) is 0 Å². The fourth-order valence-electron chi connectivity index (χ4n) is 3.16. The van der Waals surface area contributed by atoms with Gasteiger partial charge in [0.2, 0.25) is 0 Å². The van der Waals surface area contributed by atoms with E-state index in [1.54, 1.807) is 18.2 Å². The first-order chi connectivity index (χ1) is 17.0. The monoisotopic (exact) mass is 468 g/mol. The SMILES string of the molecule is C=CC(=O)OCc1cccc(/C=C/c2ccc(/C=C/c3cccc(COC(=O)C=C)c3)c(F)c2)c1. The molecule has 0 aliphatic carbocycles. The lowest BCUT2D eigenvalue weighted by molar-refractivity contribution is -0.139. The molecule has 0 bridgehead atoms. The van der Waals surface area contributed by atoms with E-state index in [1.165, 1.54) is 6.07 Å². The van der Waals surface area contributed by atoms with Crippen molar-refractivity contribution in [2.75, 3.05) is 0 Å². The summed E-state index contributed by atoms with van der Waals surface area (Å²) in [5.41, 5.74) is 4.60. The maximum atomic E-state index is 14.7. The van der Waals surface area contributed by atoms with Crippen LogP contribution in [-0.4, -0.2) is 11.9 Å². The van der Waals surface area contributed by atoms with E-state index < -0.39 is 11.9 Å². The van der Waals surface area contributed by atoms with Gasteiger partial charge in [-0.15, -0.1) is 0 Å². The molecule has 0 spiro atoms. The fraction of sp³-hybridized carbons (Fsp3) is 0.0667. The molecule has 0 radical (unpaired) electrons. The van der Waals surface area contributed by atoms with E-state index in [-0.39, 0.29) is 19.0 Å². The minimum atomic E-state index is -0.483. The van der Waals surface area contributed by atoms with Crippen LogP contribution in [0.2, 0.25) is 0 Å². The highest BCUT2D eigenvalue weighted by Crippen LogP contribution is 2.18. The highest BCUT2D eigenvalue weighted by Gasteiger charge is 2.02. The van der Waals surface area contributed by atoms with E-state index in [1.807, 2.05) is 66.7 Å². The molecule has 0 amide bonds. The Labute approximate surface area is 204 Å². The van der Waals surface area contributed by atoms with E-state index in [2.05, 4.69) is 13.2 Å². The van der Waals surface area contributed by atoms with Gasteiger partial charge in [-0.3, -0.25) is 0 Å². The predicted molar refractivity (Wildman–Crippen MR) is 137 cm³/mol. The van der Waals surface area contributed by atoms with E-state index >= 15 is 0 Å². The zero-order chi connectivity index (χ0) is 25.0. The summed E-state index contributed by atoms with van der Waals surface area (Å²) >= 11 is 0. The molecule has 5 heteroatoms. The second-order valence-corrected chi connectivity index (χ2v) is 7.56. The molecule has 0 atom stereocenters. The van der Waals surface area contributed by atoms with Crippen molar-refractivity contribution >= 4 is 36.2 Å². The third-order valence-corrected chi connectivity index (χ3v) is 4.95. The zero-order valence-electron chi connectivity index (χ0n) is 19.2. The Morgan fingerprint density at radius 3 is 1.66 bits per heavy atom. The highest BCUT2D eigenvalue weighted by molar-refractivity contribution is 5.81. The van der Waals surface area contributed by atoms with Gasteiger partial charge in [0, 0.05) is 17.7 Å². The molecule has 0 heterocycles. The summed E-state index contributed by atoms with van der Waals surface area (Å²) in [4.78, 5) is 22.5. The van der Waals surface area contributed by atoms with Crippen LogP contribution in [-0.2, 0) is 32.3 Å². The summed E-state index contributed by atoms with van der Waals surface area (Å²) in [6.07, 6.45) is 9.43. The predicted octanol–water partition coefficient (Wildman–Crippen LogP) is 6.62. The molecule has 176 valence electrons. The smallest absolute Gasteiger partial charge is 0.330 e. The van der Waals surface area contributed by atoms with Gasteiger partial charge in [-0.05, 0) is 46.0 Å².